The number of fused-ring (bicyclic) bond motifs is 1. The van der Waals surface area contributed by atoms with Gasteiger partial charge in [0.25, 0.3) is 0 Å². The summed E-state index contributed by atoms with van der Waals surface area (Å²) in [5.74, 6) is 1.47. The van der Waals surface area contributed by atoms with Crippen molar-refractivity contribution in [2.45, 2.75) is 18.8 Å². The van der Waals surface area contributed by atoms with Gasteiger partial charge in [-0.25, -0.2) is 14.4 Å². The van der Waals surface area contributed by atoms with E-state index in [0.29, 0.717) is 33.5 Å². The third-order valence-corrected chi connectivity index (χ3v) is 3.58. The number of halogens is 2. The Bertz CT molecular complexity index is 811. The zero-order chi connectivity index (χ0) is 13.7. The molecule has 1 fully saturated rings. The Labute approximate surface area is 119 Å². The van der Waals surface area contributed by atoms with Crippen LogP contribution < -0.4 is 0 Å². The quantitative estimate of drug-likeness (QED) is 0.649. The van der Waals surface area contributed by atoms with Crippen LogP contribution in [0, 0.1) is 5.82 Å². The number of aromatic nitrogens is 2. The summed E-state index contributed by atoms with van der Waals surface area (Å²) in [6.07, 6.45) is 2.20. The fourth-order valence-electron chi connectivity index (χ4n) is 2.23. The van der Waals surface area contributed by atoms with Crippen molar-refractivity contribution in [2.24, 2.45) is 0 Å². The summed E-state index contributed by atoms with van der Waals surface area (Å²) in [6, 6.07) is 7.86. The van der Waals surface area contributed by atoms with E-state index in [4.69, 9.17) is 16.0 Å². The first-order valence-electron chi connectivity index (χ1n) is 6.43. The van der Waals surface area contributed by atoms with Gasteiger partial charge >= 0.3 is 0 Å². The SMILES string of the molecule is Fc1ccc2oc(-c3cc(Cl)nc(C4CC4)n3)cc2c1. The van der Waals surface area contributed by atoms with Crippen molar-refractivity contribution in [1.29, 1.82) is 0 Å². The number of hydrogen-bond donors (Lipinski definition) is 0. The molecule has 0 saturated heterocycles. The largest absolute Gasteiger partial charge is 0.454 e. The summed E-state index contributed by atoms with van der Waals surface area (Å²) in [5, 5.41) is 1.12. The third-order valence-electron chi connectivity index (χ3n) is 3.39. The molecule has 0 radical (unpaired) electrons. The molecule has 0 spiro atoms. The van der Waals surface area contributed by atoms with Crippen LogP contribution in [0.25, 0.3) is 22.4 Å². The third kappa shape index (κ3) is 2.06. The molecule has 3 aromatic rings. The summed E-state index contributed by atoms with van der Waals surface area (Å²) in [6.45, 7) is 0. The standard InChI is InChI=1S/C15H10ClFN2O/c16-14-7-11(18-15(19-14)8-1-2-8)13-6-9-5-10(17)3-4-12(9)20-13/h3-8H,1-2H2. The topological polar surface area (TPSA) is 38.9 Å². The van der Waals surface area contributed by atoms with Crippen molar-refractivity contribution in [3.05, 3.63) is 47.1 Å². The highest BCUT2D eigenvalue weighted by Crippen LogP contribution is 2.39. The van der Waals surface area contributed by atoms with Gasteiger partial charge < -0.3 is 4.42 Å². The van der Waals surface area contributed by atoms with Gasteiger partial charge in [-0.15, -0.1) is 0 Å². The molecule has 100 valence electrons. The minimum atomic E-state index is -0.288. The van der Waals surface area contributed by atoms with Crippen molar-refractivity contribution < 1.29 is 8.81 Å². The molecule has 2 aromatic heterocycles. The predicted molar refractivity (Wildman–Crippen MR) is 74.2 cm³/mol. The average molecular weight is 289 g/mol. The van der Waals surface area contributed by atoms with E-state index in [0.717, 1.165) is 18.7 Å². The molecule has 1 aliphatic rings. The lowest BCUT2D eigenvalue weighted by molar-refractivity contribution is 0.617. The molecule has 5 heteroatoms. The van der Waals surface area contributed by atoms with Crippen LogP contribution in [0.3, 0.4) is 0 Å². The molecule has 0 atom stereocenters. The summed E-state index contributed by atoms with van der Waals surface area (Å²) in [4.78, 5) is 8.74. The normalized spacial score (nSPS) is 14.9. The maximum Gasteiger partial charge on any atom is 0.153 e. The summed E-state index contributed by atoms with van der Waals surface area (Å²) < 4.78 is 18.9. The highest BCUT2D eigenvalue weighted by Gasteiger charge is 2.27. The van der Waals surface area contributed by atoms with Crippen LogP contribution >= 0.6 is 11.6 Å². The lowest BCUT2D eigenvalue weighted by Crippen LogP contribution is -1.94. The Morgan fingerprint density at radius 1 is 1.15 bits per heavy atom. The smallest absolute Gasteiger partial charge is 0.153 e. The maximum absolute atomic E-state index is 13.2. The number of hydrogen-bond acceptors (Lipinski definition) is 3. The van der Waals surface area contributed by atoms with Crippen LogP contribution in [0.15, 0.2) is 34.7 Å². The van der Waals surface area contributed by atoms with E-state index in [1.807, 2.05) is 0 Å². The van der Waals surface area contributed by atoms with Gasteiger partial charge in [0.05, 0.1) is 0 Å². The van der Waals surface area contributed by atoms with E-state index < -0.39 is 0 Å². The van der Waals surface area contributed by atoms with Gasteiger partial charge in [0.15, 0.2) is 5.76 Å². The number of benzene rings is 1. The highest BCUT2D eigenvalue weighted by molar-refractivity contribution is 6.29. The fraction of sp³-hybridized carbons (Fsp3) is 0.200. The number of nitrogens with zero attached hydrogens (tertiary/aromatic N) is 2. The first-order valence-corrected chi connectivity index (χ1v) is 6.81. The fourth-order valence-corrected chi connectivity index (χ4v) is 2.42. The van der Waals surface area contributed by atoms with Crippen molar-refractivity contribution in [1.82, 2.24) is 9.97 Å². The van der Waals surface area contributed by atoms with Crippen molar-refractivity contribution in [2.75, 3.05) is 0 Å². The summed E-state index contributed by atoms with van der Waals surface area (Å²) in [7, 11) is 0. The Balaban J connectivity index is 1.85. The molecule has 1 aromatic carbocycles. The first kappa shape index (κ1) is 11.9. The van der Waals surface area contributed by atoms with Crippen molar-refractivity contribution in [3.8, 4) is 11.5 Å². The molecular weight excluding hydrogens is 279 g/mol. The molecule has 20 heavy (non-hydrogen) atoms. The Hall–Kier alpha value is -1.94. The molecular formula is C15H10ClFN2O. The molecule has 0 amide bonds. The lowest BCUT2D eigenvalue weighted by Gasteiger charge is -2.01. The van der Waals surface area contributed by atoms with E-state index in [1.165, 1.54) is 12.1 Å². The Morgan fingerprint density at radius 2 is 2.00 bits per heavy atom. The Kier molecular flexibility index (Phi) is 2.54. The second-order valence-electron chi connectivity index (χ2n) is 5.00. The molecule has 3 nitrogen and oxygen atoms in total. The minimum Gasteiger partial charge on any atom is -0.454 e. The number of rotatable bonds is 2. The first-order chi connectivity index (χ1) is 9.69. The van der Waals surface area contributed by atoms with Crippen molar-refractivity contribution >= 4 is 22.6 Å². The zero-order valence-electron chi connectivity index (χ0n) is 10.4. The van der Waals surface area contributed by atoms with Crippen LogP contribution in [0.2, 0.25) is 5.15 Å². The van der Waals surface area contributed by atoms with Crippen LogP contribution in [-0.4, -0.2) is 9.97 Å². The molecule has 2 heterocycles. The van der Waals surface area contributed by atoms with Crippen molar-refractivity contribution in [3.63, 3.8) is 0 Å². The second kappa shape index (κ2) is 4.28. The average Bonchev–Trinajstić information content (AvgIpc) is 3.18. The molecule has 1 aliphatic carbocycles. The van der Waals surface area contributed by atoms with Crippen LogP contribution in [0.4, 0.5) is 4.39 Å². The van der Waals surface area contributed by atoms with E-state index in [9.17, 15) is 4.39 Å². The predicted octanol–water partition coefficient (Wildman–Crippen LogP) is 4.56. The molecule has 1 saturated carbocycles. The summed E-state index contributed by atoms with van der Waals surface area (Å²) >= 11 is 6.04. The minimum absolute atomic E-state index is 0.288. The van der Waals surface area contributed by atoms with Gasteiger partial charge in [-0.05, 0) is 37.1 Å². The molecule has 0 bridgehead atoms. The maximum atomic E-state index is 13.2. The van der Waals surface area contributed by atoms with Gasteiger partial charge in [-0.3, -0.25) is 0 Å². The molecule has 4 rings (SSSR count). The van der Waals surface area contributed by atoms with E-state index in [1.54, 1.807) is 18.2 Å². The van der Waals surface area contributed by atoms with Gasteiger partial charge in [0.1, 0.15) is 28.1 Å². The van der Waals surface area contributed by atoms with Crippen LogP contribution in [-0.2, 0) is 0 Å². The van der Waals surface area contributed by atoms with Gasteiger partial charge in [-0.2, -0.15) is 0 Å². The molecule has 0 aliphatic heterocycles. The molecule has 0 N–H and O–H groups in total. The highest BCUT2D eigenvalue weighted by atomic mass is 35.5. The van der Waals surface area contributed by atoms with Crippen LogP contribution in [0.5, 0.6) is 0 Å². The monoisotopic (exact) mass is 288 g/mol. The van der Waals surface area contributed by atoms with Gasteiger partial charge in [0.2, 0.25) is 0 Å². The van der Waals surface area contributed by atoms with E-state index in [-0.39, 0.29) is 5.82 Å². The van der Waals surface area contributed by atoms with E-state index >= 15 is 0 Å². The van der Waals surface area contributed by atoms with Gasteiger partial charge in [0, 0.05) is 17.4 Å². The Morgan fingerprint density at radius 3 is 2.80 bits per heavy atom. The lowest BCUT2D eigenvalue weighted by atomic mass is 10.2. The van der Waals surface area contributed by atoms with E-state index in [2.05, 4.69) is 9.97 Å². The van der Waals surface area contributed by atoms with Gasteiger partial charge in [-0.1, -0.05) is 11.6 Å². The zero-order valence-corrected chi connectivity index (χ0v) is 11.2. The number of furan rings is 1. The summed E-state index contributed by atoms with van der Waals surface area (Å²) in [5.41, 5.74) is 1.27. The second-order valence-corrected chi connectivity index (χ2v) is 5.39. The molecule has 0 unspecified atom stereocenters. The van der Waals surface area contributed by atoms with Crippen LogP contribution in [0.1, 0.15) is 24.6 Å².